The van der Waals surface area contributed by atoms with Crippen LogP contribution in [0.2, 0.25) is 0 Å². The van der Waals surface area contributed by atoms with Gasteiger partial charge in [-0.2, -0.15) is 0 Å². The van der Waals surface area contributed by atoms with Crippen molar-refractivity contribution in [1.82, 2.24) is 5.01 Å². The Bertz CT molecular complexity index is 1450. The fourth-order valence-electron chi connectivity index (χ4n) is 5.53. The summed E-state index contributed by atoms with van der Waals surface area (Å²) >= 11 is 0. The van der Waals surface area contributed by atoms with E-state index in [1.165, 1.54) is 12.1 Å². The van der Waals surface area contributed by atoms with Gasteiger partial charge in [0.2, 0.25) is 11.8 Å². The number of hydrogen-bond donors (Lipinski definition) is 1. The van der Waals surface area contributed by atoms with Crippen molar-refractivity contribution < 1.29 is 23.9 Å². The zero-order valence-electron chi connectivity index (χ0n) is 23.6. The largest absolute Gasteiger partial charge is 0.469 e. The van der Waals surface area contributed by atoms with Crippen molar-refractivity contribution in [3.05, 3.63) is 101 Å². The maximum Gasteiger partial charge on any atom is 0.309 e. The number of carbonyl (C=O) groups is 3. The quantitative estimate of drug-likeness (QED) is 0.374. The van der Waals surface area contributed by atoms with Crippen LogP contribution in [-0.2, 0) is 43.2 Å². The summed E-state index contributed by atoms with van der Waals surface area (Å²) in [6.45, 7) is 4.39. The predicted octanol–water partition coefficient (Wildman–Crippen LogP) is 5.06. The van der Waals surface area contributed by atoms with Crippen molar-refractivity contribution in [2.45, 2.75) is 45.6 Å². The topological polar surface area (TPSA) is 97.3 Å². The number of anilines is 1. The highest BCUT2D eigenvalue weighted by molar-refractivity contribution is 5.98. The smallest absolute Gasteiger partial charge is 0.309 e. The van der Waals surface area contributed by atoms with E-state index >= 15 is 0 Å². The number of carbonyl (C=O) groups excluding carboxylic acids is 3. The average molecular weight is 554 g/mol. The molecule has 8 heteroatoms. The van der Waals surface area contributed by atoms with Gasteiger partial charge in [0.25, 0.3) is 5.91 Å². The van der Waals surface area contributed by atoms with Crippen molar-refractivity contribution >= 4 is 29.4 Å². The first-order chi connectivity index (χ1) is 19.9. The summed E-state index contributed by atoms with van der Waals surface area (Å²) in [5.41, 5.74) is 5.44. The number of rotatable bonds is 9. The maximum absolute atomic E-state index is 13.7. The van der Waals surface area contributed by atoms with E-state index in [2.05, 4.69) is 24.3 Å². The van der Waals surface area contributed by atoms with Crippen LogP contribution in [0, 0.1) is 11.8 Å². The van der Waals surface area contributed by atoms with Crippen LogP contribution >= 0.6 is 0 Å². The van der Waals surface area contributed by atoms with Crippen LogP contribution in [0.25, 0.3) is 0 Å². The molecule has 0 bridgehead atoms. The minimum absolute atomic E-state index is 0.0639. The molecule has 8 nitrogen and oxygen atoms in total. The number of amides is 2. The Morgan fingerprint density at radius 1 is 1.05 bits per heavy atom. The highest BCUT2D eigenvalue weighted by Crippen LogP contribution is 2.35. The van der Waals surface area contributed by atoms with Gasteiger partial charge in [-0.25, -0.2) is 5.01 Å². The molecular weight excluding hydrogens is 518 g/mol. The molecule has 2 amide bonds. The third-order valence-corrected chi connectivity index (χ3v) is 8.00. The normalized spacial score (nSPS) is 17.6. The average Bonchev–Trinajstić information content (AvgIpc) is 3.45. The molecule has 0 aromatic heterocycles. The minimum Gasteiger partial charge on any atom is -0.469 e. The second kappa shape index (κ2) is 12.4. The van der Waals surface area contributed by atoms with Crippen LogP contribution in [0.15, 0.2) is 77.9 Å². The molecule has 3 aromatic carbocycles. The van der Waals surface area contributed by atoms with Crippen molar-refractivity contribution in [3.63, 3.8) is 0 Å². The molecule has 3 unspecified atom stereocenters. The van der Waals surface area contributed by atoms with E-state index < -0.39 is 0 Å². The Kier molecular flexibility index (Phi) is 8.47. The van der Waals surface area contributed by atoms with Gasteiger partial charge in [0, 0.05) is 11.3 Å². The number of ether oxygens (including phenoxy) is 2. The lowest BCUT2D eigenvalue weighted by molar-refractivity contribution is -0.145. The zero-order valence-corrected chi connectivity index (χ0v) is 23.6. The molecule has 0 fully saturated rings. The van der Waals surface area contributed by atoms with E-state index in [1.807, 2.05) is 72.8 Å². The molecule has 0 saturated heterocycles. The molecule has 3 aromatic rings. The van der Waals surface area contributed by atoms with E-state index in [0.29, 0.717) is 25.3 Å². The standard InChI is InChI=1S/C33H35N3O5/c1-4-21(2)30(31(38)34-28-12-8-11-25-17-26(18-27(25)28)33(39)40-3)23-15-13-22(14-16-23)19-36-29(37)20-41-32(35-36)24-9-6-5-7-10-24/h5-16,21,26,30H,4,17-20H2,1-3H3,(H,34,38). The first kappa shape index (κ1) is 28.1. The number of hydrazone groups is 1. The highest BCUT2D eigenvalue weighted by Gasteiger charge is 2.32. The Morgan fingerprint density at radius 3 is 2.51 bits per heavy atom. The summed E-state index contributed by atoms with van der Waals surface area (Å²) in [6, 6.07) is 23.1. The minimum atomic E-state index is -0.365. The van der Waals surface area contributed by atoms with Gasteiger partial charge in [-0.15, -0.1) is 5.10 Å². The molecule has 1 aliphatic carbocycles. The molecule has 1 aliphatic heterocycles. The van der Waals surface area contributed by atoms with E-state index in [-0.39, 0.29) is 42.1 Å². The lowest BCUT2D eigenvalue weighted by Crippen LogP contribution is -2.36. The maximum atomic E-state index is 13.7. The van der Waals surface area contributed by atoms with E-state index in [0.717, 1.165) is 39.9 Å². The second-order valence-electron chi connectivity index (χ2n) is 10.7. The van der Waals surface area contributed by atoms with E-state index in [9.17, 15) is 14.4 Å². The number of hydrogen-bond acceptors (Lipinski definition) is 6. The van der Waals surface area contributed by atoms with Crippen LogP contribution in [0.4, 0.5) is 5.69 Å². The van der Waals surface area contributed by atoms with Crippen LogP contribution in [-0.4, -0.2) is 42.4 Å². The summed E-state index contributed by atoms with van der Waals surface area (Å²) in [7, 11) is 1.41. The van der Waals surface area contributed by atoms with Gasteiger partial charge in [-0.3, -0.25) is 14.4 Å². The van der Waals surface area contributed by atoms with Gasteiger partial charge in [-0.1, -0.05) is 74.9 Å². The summed E-state index contributed by atoms with van der Waals surface area (Å²) in [6.07, 6.45) is 2.00. The molecule has 212 valence electrons. The van der Waals surface area contributed by atoms with Crippen LogP contribution in [0.3, 0.4) is 0 Å². The number of nitrogens with zero attached hydrogens (tertiary/aromatic N) is 2. The number of nitrogens with one attached hydrogen (secondary N) is 1. The molecular formula is C33H35N3O5. The molecule has 1 N–H and O–H groups in total. The predicted molar refractivity (Wildman–Crippen MR) is 156 cm³/mol. The first-order valence-corrected chi connectivity index (χ1v) is 14.0. The lowest BCUT2D eigenvalue weighted by atomic mass is 9.84. The Morgan fingerprint density at radius 2 is 1.80 bits per heavy atom. The highest BCUT2D eigenvalue weighted by atomic mass is 16.5. The number of esters is 1. The van der Waals surface area contributed by atoms with Crippen LogP contribution in [0.5, 0.6) is 0 Å². The monoisotopic (exact) mass is 553 g/mol. The summed E-state index contributed by atoms with van der Waals surface area (Å²) in [5, 5.41) is 9.03. The Hall–Kier alpha value is -4.46. The summed E-state index contributed by atoms with van der Waals surface area (Å²) in [4.78, 5) is 38.4. The van der Waals surface area contributed by atoms with Crippen molar-refractivity contribution in [2.75, 3.05) is 19.0 Å². The third-order valence-electron chi connectivity index (χ3n) is 8.00. The molecule has 2 aliphatic rings. The van der Waals surface area contributed by atoms with Crippen molar-refractivity contribution in [3.8, 4) is 0 Å². The lowest BCUT2D eigenvalue weighted by Gasteiger charge is -2.25. The van der Waals surface area contributed by atoms with Gasteiger partial charge in [0.05, 0.1) is 25.5 Å². The van der Waals surface area contributed by atoms with E-state index in [1.54, 1.807) is 0 Å². The fourth-order valence-corrected chi connectivity index (χ4v) is 5.53. The van der Waals surface area contributed by atoms with Gasteiger partial charge >= 0.3 is 5.97 Å². The Balaban J connectivity index is 1.32. The summed E-state index contributed by atoms with van der Waals surface area (Å²) < 4.78 is 10.5. The Labute approximate surface area is 240 Å². The molecule has 41 heavy (non-hydrogen) atoms. The molecule has 3 atom stereocenters. The van der Waals surface area contributed by atoms with Gasteiger partial charge in [-0.05, 0) is 59.2 Å². The number of methoxy groups -OCH3 is 1. The van der Waals surface area contributed by atoms with Crippen molar-refractivity contribution in [1.29, 1.82) is 0 Å². The molecule has 5 rings (SSSR count). The summed E-state index contributed by atoms with van der Waals surface area (Å²) in [5.74, 6) is -0.595. The molecule has 0 spiro atoms. The second-order valence-corrected chi connectivity index (χ2v) is 10.7. The fraction of sp³-hybridized carbons (Fsp3) is 0.333. The van der Waals surface area contributed by atoms with Gasteiger partial charge in [0.1, 0.15) is 0 Å². The SMILES string of the molecule is CCC(C)C(C(=O)Nc1cccc2c1CC(C(=O)OC)C2)c1ccc(CN2N=C(c3ccccc3)OCC2=O)cc1. The molecule has 0 radical (unpaired) electrons. The number of fused-ring (bicyclic) bond motifs is 1. The van der Waals surface area contributed by atoms with Gasteiger partial charge in [0.15, 0.2) is 6.61 Å². The van der Waals surface area contributed by atoms with Crippen LogP contribution < -0.4 is 5.32 Å². The molecule has 1 heterocycles. The number of benzene rings is 3. The van der Waals surface area contributed by atoms with Crippen molar-refractivity contribution in [2.24, 2.45) is 16.9 Å². The molecule has 0 saturated carbocycles. The third kappa shape index (κ3) is 6.16. The zero-order chi connectivity index (χ0) is 28.9. The van der Waals surface area contributed by atoms with Gasteiger partial charge < -0.3 is 14.8 Å². The van der Waals surface area contributed by atoms with Crippen LogP contribution in [0.1, 0.15) is 54.0 Å². The van der Waals surface area contributed by atoms with E-state index in [4.69, 9.17) is 9.47 Å². The first-order valence-electron chi connectivity index (χ1n) is 14.0.